The summed E-state index contributed by atoms with van der Waals surface area (Å²) < 4.78 is 37.4. The van der Waals surface area contributed by atoms with E-state index in [2.05, 4.69) is 10.2 Å². The van der Waals surface area contributed by atoms with Crippen LogP contribution in [0.5, 0.6) is 0 Å². The summed E-state index contributed by atoms with van der Waals surface area (Å²) in [5, 5.41) is 5.94. The number of nitrogens with two attached hydrogens (primary N) is 1. The molecule has 4 nitrogen and oxygen atoms in total. The molecule has 0 fully saturated rings. The van der Waals surface area contributed by atoms with Gasteiger partial charge in [-0.15, -0.1) is 10.2 Å². The summed E-state index contributed by atoms with van der Waals surface area (Å²) in [6.07, 6.45) is -4.47. The Bertz CT molecular complexity index is 567. The molecular formula is C11H11F3N4S. The third kappa shape index (κ3) is 2.85. The highest BCUT2D eigenvalue weighted by Gasteiger charge is 2.36. The third-order valence-electron chi connectivity index (χ3n) is 2.52. The zero-order valence-corrected chi connectivity index (χ0v) is 10.8. The second-order valence-corrected chi connectivity index (χ2v) is 4.74. The predicted octanol–water partition coefficient (Wildman–Crippen LogP) is 2.78. The highest BCUT2D eigenvalue weighted by Crippen LogP contribution is 2.36. The summed E-state index contributed by atoms with van der Waals surface area (Å²) in [6, 6.07) is 7.20. The number of nitrogens with zero attached hydrogens (tertiary/aromatic N) is 3. The first kappa shape index (κ1) is 13.8. The normalized spacial score (nSPS) is 11.6. The highest BCUT2D eigenvalue weighted by atomic mass is 32.1. The van der Waals surface area contributed by atoms with Gasteiger partial charge in [-0.25, -0.2) is 0 Å². The third-order valence-corrected chi connectivity index (χ3v) is 3.56. The molecule has 0 radical (unpaired) electrons. The Kier molecular flexibility index (Phi) is 3.72. The highest BCUT2D eigenvalue weighted by molar-refractivity contribution is 7.15. The molecule has 0 atom stereocenters. The van der Waals surface area contributed by atoms with Crippen LogP contribution in [0.2, 0.25) is 0 Å². The fourth-order valence-corrected chi connectivity index (χ4v) is 2.27. The monoisotopic (exact) mass is 288 g/mol. The molecule has 0 spiro atoms. The molecule has 0 aliphatic carbocycles. The molecule has 102 valence electrons. The van der Waals surface area contributed by atoms with Gasteiger partial charge in [-0.2, -0.15) is 13.2 Å². The zero-order chi connectivity index (χ0) is 14.0. The molecule has 0 aliphatic heterocycles. The quantitative estimate of drug-likeness (QED) is 0.943. The average Bonchev–Trinajstić information content (AvgIpc) is 2.87. The van der Waals surface area contributed by atoms with Gasteiger partial charge in [0.1, 0.15) is 0 Å². The van der Waals surface area contributed by atoms with E-state index >= 15 is 0 Å². The Morgan fingerprint density at radius 2 is 1.95 bits per heavy atom. The van der Waals surface area contributed by atoms with Crippen molar-refractivity contribution in [3.05, 3.63) is 34.8 Å². The van der Waals surface area contributed by atoms with Crippen LogP contribution in [0.4, 0.5) is 24.0 Å². The number of benzene rings is 1. The Balaban J connectivity index is 2.34. The molecule has 1 aromatic heterocycles. The molecule has 8 heteroatoms. The lowest BCUT2D eigenvalue weighted by molar-refractivity contribution is -0.138. The minimum absolute atomic E-state index is 0.174. The Labute approximate surface area is 111 Å². The standard InChI is InChI=1S/C11H11F3N4S/c1-18(8-5-3-2-4-7(8)6-15)10-17-16-9(19-10)11(12,13)14/h2-5H,6,15H2,1H3. The van der Waals surface area contributed by atoms with E-state index in [0.29, 0.717) is 17.9 Å². The minimum Gasteiger partial charge on any atom is -0.326 e. The second-order valence-electron chi connectivity index (χ2n) is 3.78. The summed E-state index contributed by atoms with van der Waals surface area (Å²) in [4.78, 5) is 1.55. The molecular weight excluding hydrogens is 277 g/mol. The van der Waals surface area contributed by atoms with Crippen molar-refractivity contribution in [2.24, 2.45) is 5.73 Å². The molecule has 0 bridgehead atoms. The van der Waals surface area contributed by atoms with E-state index in [9.17, 15) is 13.2 Å². The van der Waals surface area contributed by atoms with Gasteiger partial charge in [-0.3, -0.25) is 0 Å². The molecule has 1 aromatic carbocycles. The van der Waals surface area contributed by atoms with Gasteiger partial charge in [0, 0.05) is 19.3 Å². The van der Waals surface area contributed by atoms with Crippen molar-refractivity contribution in [2.45, 2.75) is 12.7 Å². The Morgan fingerprint density at radius 3 is 2.53 bits per heavy atom. The van der Waals surface area contributed by atoms with E-state index in [-0.39, 0.29) is 5.13 Å². The average molecular weight is 288 g/mol. The lowest BCUT2D eigenvalue weighted by Gasteiger charge is -2.18. The first-order valence-electron chi connectivity index (χ1n) is 5.36. The van der Waals surface area contributed by atoms with Crippen LogP contribution in [0.1, 0.15) is 10.6 Å². The van der Waals surface area contributed by atoms with Gasteiger partial charge < -0.3 is 10.6 Å². The van der Waals surface area contributed by atoms with Gasteiger partial charge in [-0.1, -0.05) is 29.5 Å². The van der Waals surface area contributed by atoms with Crippen molar-refractivity contribution in [3.8, 4) is 0 Å². The van der Waals surface area contributed by atoms with Crippen molar-refractivity contribution >= 4 is 22.2 Å². The van der Waals surface area contributed by atoms with Crippen molar-refractivity contribution < 1.29 is 13.2 Å². The van der Waals surface area contributed by atoms with E-state index in [0.717, 1.165) is 11.3 Å². The summed E-state index contributed by atoms with van der Waals surface area (Å²) in [5.74, 6) is 0. The molecule has 19 heavy (non-hydrogen) atoms. The zero-order valence-electron chi connectivity index (χ0n) is 9.98. The number of alkyl halides is 3. The molecule has 2 N–H and O–H groups in total. The van der Waals surface area contributed by atoms with E-state index < -0.39 is 11.2 Å². The lowest BCUT2D eigenvalue weighted by Crippen LogP contribution is -2.13. The number of rotatable bonds is 3. The van der Waals surface area contributed by atoms with Crippen LogP contribution in [0, 0.1) is 0 Å². The van der Waals surface area contributed by atoms with Crippen LogP contribution in [0.15, 0.2) is 24.3 Å². The molecule has 0 amide bonds. The second kappa shape index (κ2) is 5.14. The molecule has 2 rings (SSSR count). The van der Waals surface area contributed by atoms with Gasteiger partial charge in [0.25, 0.3) is 0 Å². The number of anilines is 2. The molecule has 0 unspecified atom stereocenters. The number of hydrogen-bond donors (Lipinski definition) is 1. The van der Waals surface area contributed by atoms with Crippen molar-refractivity contribution in [1.82, 2.24) is 10.2 Å². The minimum atomic E-state index is -4.47. The van der Waals surface area contributed by atoms with Crippen LogP contribution < -0.4 is 10.6 Å². The summed E-state index contributed by atoms with van der Waals surface area (Å²) >= 11 is 0.500. The topological polar surface area (TPSA) is 55.0 Å². The smallest absolute Gasteiger partial charge is 0.326 e. The van der Waals surface area contributed by atoms with E-state index in [1.165, 1.54) is 0 Å². The molecule has 0 aliphatic rings. The van der Waals surface area contributed by atoms with Gasteiger partial charge in [0.15, 0.2) is 0 Å². The largest absolute Gasteiger partial charge is 0.445 e. The summed E-state index contributed by atoms with van der Waals surface area (Å²) in [6.45, 7) is 0.297. The van der Waals surface area contributed by atoms with Crippen molar-refractivity contribution in [2.75, 3.05) is 11.9 Å². The molecule has 0 saturated carbocycles. The van der Waals surface area contributed by atoms with Gasteiger partial charge >= 0.3 is 6.18 Å². The van der Waals surface area contributed by atoms with Gasteiger partial charge in [-0.05, 0) is 11.6 Å². The summed E-state index contributed by atoms with van der Waals surface area (Å²) in [7, 11) is 1.63. The maximum atomic E-state index is 12.5. The fourth-order valence-electron chi connectivity index (χ4n) is 1.58. The van der Waals surface area contributed by atoms with Gasteiger partial charge in [0.05, 0.1) is 0 Å². The van der Waals surface area contributed by atoms with Crippen LogP contribution in [0.25, 0.3) is 0 Å². The lowest BCUT2D eigenvalue weighted by atomic mass is 10.1. The Morgan fingerprint density at radius 1 is 1.26 bits per heavy atom. The number of hydrogen-bond acceptors (Lipinski definition) is 5. The van der Waals surface area contributed by atoms with Gasteiger partial charge in [0.2, 0.25) is 10.1 Å². The first-order chi connectivity index (χ1) is 8.93. The SMILES string of the molecule is CN(c1nnc(C(F)(F)F)s1)c1ccccc1CN. The van der Waals surface area contributed by atoms with E-state index in [4.69, 9.17) is 5.73 Å². The van der Waals surface area contributed by atoms with Crippen LogP contribution in [-0.2, 0) is 12.7 Å². The van der Waals surface area contributed by atoms with Crippen LogP contribution in [-0.4, -0.2) is 17.2 Å². The van der Waals surface area contributed by atoms with E-state index in [1.807, 2.05) is 12.1 Å². The Hall–Kier alpha value is -1.67. The fraction of sp³-hybridized carbons (Fsp3) is 0.273. The maximum absolute atomic E-state index is 12.5. The van der Waals surface area contributed by atoms with E-state index in [1.54, 1.807) is 24.1 Å². The first-order valence-corrected chi connectivity index (χ1v) is 6.17. The number of para-hydroxylation sites is 1. The molecule has 0 saturated heterocycles. The van der Waals surface area contributed by atoms with Crippen LogP contribution in [0.3, 0.4) is 0 Å². The van der Waals surface area contributed by atoms with Crippen LogP contribution >= 0.6 is 11.3 Å². The molecule has 2 aromatic rings. The number of aromatic nitrogens is 2. The number of halogens is 3. The summed E-state index contributed by atoms with van der Waals surface area (Å²) in [5.41, 5.74) is 7.15. The van der Waals surface area contributed by atoms with Crippen molar-refractivity contribution in [1.29, 1.82) is 0 Å². The molecule has 1 heterocycles. The maximum Gasteiger partial charge on any atom is 0.445 e. The van der Waals surface area contributed by atoms with Crippen molar-refractivity contribution in [3.63, 3.8) is 0 Å². The predicted molar refractivity (Wildman–Crippen MR) is 67.3 cm³/mol.